The first kappa shape index (κ1) is 25.0. The predicted molar refractivity (Wildman–Crippen MR) is 121 cm³/mol. The second-order valence-corrected chi connectivity index (χ2v) is 7.77. The molecular weight excluding hydrogens is 436 g/mol. The number of halogens is 1. The number of methoxy groups -OCH3 is 2. The van der Waals surface area contributed by atoms with E-state index >= 15 is 0 Å². The molecular formula is C23H27ClN2O6. The van der Waals surface area contributed by atoms with Gasteiger partial charge in [0.2, 0.25) is 0 Å². The van der Waals surface area contributed by atoms with E-state index in [-0.39, 0.29) is 5.92 Å². The van der Waals surface area contributed by atoms with E-state index in [1.807, 2.05) is 0 Å². The van der Waals surface area contributed by atoms with Crippen molar-refractivity contribution in [1.82, 2.24) is 5.32 Å². The molecule has 2 N–H and O–H groups in total. The van der Waals surface area contributed by atoms with Crippen molar-refractivity contribution in [2.75, 3.05) is 19.5 Å². The number of hydrogen-bond donors (Lipinski definition) is 2. The molecule has 2 amide bonds. The SMILES string of the molecule is COc1ccc(OC)c(NC(=O)[C@@H](C)OC(=O)[C@H](NC(=O)c2ccc(Cl)cc2)C(C)C)c1. The lowest BCUT2D eigenvalue weighted by atomic mass is 10.0. The van der Waals surface area contributed by atoms with Crippen LogP contribution in [0, 0.1) is 5.92 Å². The average Bonchev–Trinajstić information content (AvgIpc) is 2.77. The highest BCUT2D eigenvalue weighted by atomic mass is 35.5. The van der Waals surface area contributed by atoms with Crippen molar-refractivity contribution < 1.29 is 28.6 Å². The van der Waals surface area contributed by atoms with Gasteiger partial charge in [0, 0.05) is 16.7 Å². The third-order valence-electron chi connectivity index (χ3n) is 4.64. The number of hydrogen-bond acceptors (Lipinski definition) is 6. The third-order valence-corrected chi connectivity index (χ3v) is 4.89. The predicted octanol–water partition coefficient (Wildman–Crippen LogP) is 3.68. The maximum absolute atomic E-state index is 12.7. The summed E-state index contributed by atoms with van der Waals surface area (Å²) < 4.78 is 15.7. The Morgan fingerprint density at radius 2 is 1.59 bits per heavy atom. The van der Waals surface area contributed by atoms with E-state index in [9.17, 15) is 14.4 Å². The van der Waals surface area contributed by atoms with Gasteiger partial charge in [-0.05, 0) is 49.2 Å². The molecule has 0 bridgehead atoms. The maximum Gasteiger partial charge on any atom is 0.329 e. The molecule has 0 saturated carbocycles. The van der Waals surface area contributed by atoms with Gasteiger partial charge in [0.1, 0.15) is 17.5 Å². The number of rotatable bonds is 9. The van der Waals surface area contributed by atoms with Crippen LogP contribution in [0.4, 0.5) is 5.69 Å². The van der Waals surface area contributed by atoms with Crippen LogP contribution in [0.3, 0.4) is 0 Å². The number of carbonyl (C=O) groups is 3. The van der Waals surface area contributed by atoms with Crippen LogP contribution in [-0.4, -0.2) is 44.1 Å². The van der Waals surface area contributed by atoms with Gasteiger partial charge in [-0.3, -0.25) is 9.59 Å². The molecule has 0 saturated heterocycles. The highest BCUT2D eigenvalue weighted by Gasteiger charge is 2.29. The second kappa shape index (κ2) is 11.4. The molecule has 32 heavy (non-hydrogen) atoms. The Hall–Kier alpha value is -3.26. The van der Waals surface area contributed by atoms with E-state index in [4.69, 9.17) is 25.8 Å². The molecule has 0 aliphatic heterocycles. The summed E-state index contributed by atoms with van der Waals surface area (Å²) in [6.07, 6.45) is -1.12. The van der Waals surface area contributed by atoms with Crippen molar-refractivity contribution in [3.8, 4) is 11.5 Å². The van der Waals surface area contributed by atoms with Crippen LogP contribution in [0.2, 0.25) is 5.02 Å². The van der Waals surface area contributed by atoms with Crippen molar-refractivity contribution in [2.24, 2.45) is 5.92 Å². The van der Waals surface area contributed by atoms with Gasteiger partial charge < -0.3 is 24.8 Å². The van der Waals surface area contributed by atoms with Gasteiger partial charge in [0.25, 0.3) is 11.8 Å². The topological polar surface area (TPSA) is 103 Å². The van der Waals surface area contributed by atoms with E-state index in [2.05, 4.69) is 10.6 Å². The molecule has 2 aromatic rings. The quantitative estimate of drug-likeness (QED) is 0.551. The molecule has 0 heterocycles. The molecule has 0 aromatic heterocycles. The average molecular weight is 463 g/mol. The number of carbonyl (C=O) groups excluding carboxylic acids is 3. The van der Waals surface area contributed by atoms with Gasteiger partial charge in [-0.1, -0.05) is 25.4 Å². The minimum Gasteiger partial charge on any atom is -0.497 e. The van der Waals surface area contributed by atoms with E-state index in [1.165, 1.54) is 21.1 Å². The van der Waals surface area contributed by atoms with Crippen LogP contribution in [-0.2, 0) is 14.3 Å². The van der Waals surface area contributed by atoms with Crippen molar-refractivity contribution in [2.45, 2.75) is 32.9 Å². The fourth-order valence-electron chi connectivity index (χ4n) is 2.77. The highest BCUT2D eigenvalue weighted by Crippen LogP contribution is 2.29. The van der Waals surface area contributed by atoms with Crippen molar-refractivity contribution in [3.63, 3.8) is 0 Å². The van der Waals surface area contributed by atoms with Crippen molar-refractivity contribution >= 4 is 35.1 Å². The number of esters is 1. The summed E-state index contributed by atoms with van der Waals surface area (Å²) in [5.41, 5.74) is 0.722. The normalized spacial score (nSPS) is 12.5. The summed E-state index contributed by atoms with van der Waals surface area (Å²) in [6.45, 7) is 4.97. The van der Waals surface area contributed by atoms with Crippen molar-refractivity contribution in [3.05, 3.63) is 53.1 Å². The number of anilines is 1. The lowest BCUT2D eigenvalue weighted by molar-refractivity contribution is -0.156. The first-order valence-electron chi connectivity index (χ1n) is 9.96. The van der Waals surface area contributed by atoms with E-state index in [0.717, 1.165) is 0 Å². The summed E-state index contributed by atoms with van der Waals surface area (Å²) >= 11 is 5.85. The molecule has 0 aliphatic rings. The summed E-state index contributed by atoms with van der Waals surface area (Å²) in [6, 6.07) is 10.3. The number of benzene rings is 2. The Morgan fingerprint density at radius 1 is 0.938 bits per heavy atom. The minimum absolute atomic E-state index is 0.271. The van der Waals surface area contributed by atoms with Crippen LogP contribution in [0.25, 0.3) is 0 Å². The molecule has 0 fully saturated rings. The molecule has 2 aromatic carbocycles. The lowest BCUT2D eigenvalue weighted by Crippen LogP contribution is -2.47. The summed E-state index contributed by atoms with van der Waals surface area (Å²) in [5.74, 6) is -1.05. The van der Waals surface area contributed by atoms with Crippen molar-refractivity contribution in [1.29, 1.82) is 0 Å². The Morgan fingerprint density at radius 3 is 2.16 bits per heavy atom. The summed E-state index contributed by atoms with van der Waals surface area (Å²) in [5, 5.41) is 5.81. The third kappa shape index (κ3) is 6.62. The zero-order valence-corrected chi connectivity index (χ0v) is 19.4. The largest absolute Gasteiger partial charge is 0.497 e. The van der Waals surface area contributed by atoms with E-state index in [0.29, 0.717) is 27.8 Å². The summed E-state index contributed by atoms with van der Waals surface area (Å²) in [7, 11) is 2.97. The number of nitrogens with one attached hydrogen (secondary N) is 2. The van der Waals surface area contributed by atoms with Gasteiger partial charge >= 0.3 is 5.97 Å². The molecule has 0 unspecified atom stereocenters. The van der Waals surface area contributed by atoms with Gasteiger partial charge in [-0.25, -0.2) is 4.79 Å². The summed E-state index contributed by atoms with van der Waals surface area (Å²) in [4.78, 5) is 37.8. The Balaban J connectivity index is 2.05. The Bertz CT molecular complexity index is 961. The smallest absolute Gasteiger partial charge is 0.329 e. The monoisotopic (exact) mass is 462 g/mol. The van der Waals surface area contributed by atoms with E-state index in [1.54, 1.807) is 56.3 Å². The molecule has 0 radical (unpaired) electrons. The fourth-order valence-corrected chi connectivity index (χ4v) is 2.90. The maximum atomic E-state index is 12.7. The zero-order valence-electron chi connectivity index (χ0n) is 18.6. The zero-order chi connectivity index (χ0) is 23.8. The first-order chi connectivity index (χ1) is 15.2. The van der Waals surface area contributed by atoms with Gasteiger partial charge in [0.15, 0.2) is 6.10 Å². The highest BCUT2D eigenvalue weighted by molar-refractivity contribution is 6.30. The molecule has 9 heteroatoms. The Labute approximate surface area is 192 Å². The van der Waals surface area contributed by atoms with Gasteiger partial charge in [0.05, 0.1) is 19.9 Å². The Kier molecular flexibility index (Phi) is 8.90. The van der Waals surface area contributed by atoms with Crippen LogP contribution in [0.1, 0.15) is 31.1 Å². The van der Waals surface area contributed by atoms with Gasteiger partial charge in [-0.2, -0.15) is 0 Å². The first-order valence-corrected chi connectivity index (χ1v) is 10.3. The van der Waals surface area contributed by atoms with Crippen LogP contribution in [0.15, 0.2) is 42.5 Å². The number of amides is 2. The van der Waals surface area contributed by atoms with Crippen LogP contribution >= 0.6 is 11.6 Å². The molecule has 8 nitrogen and oxygen atoms in total. The molecule has 2 atom stereocenters. The molecule has 2 rings (SSSR count). The fraction of sp³-hybridized carbons (Fsp3) is 0.348. The second-order valence-electron chi connectivity index (χ2n) is 7.34. The van der Waals surface area contributed by atoms with Crippen LogP contribution in [0.5, 0.6) is 11.5 Å². The standard InChI is InChI=1S/C23H27ClN2O6/c1-13(2)20(26-22(28)15-6-8-16(24)9-7-15)23(29)32-14(3)21(27)25-18-12-17(30-4)10-11-19(18)31-5/h6-14,20H,1-5H3,(H,25,27)(H,26,28)/t14-,20-/m1/s1. The van der Waals surface area contributed by atoms with E-state index < -0.39 is 29.9 Å². The molecule has 0 spiro atoms. The molecule has 0 aliphatic carbocycles. The van der Waals surface area contributed by atoms with Gasteiger partial charge in [-0.15, -0.1) is 0 Å². The molecule has 172 valence electrons. The minimum atomic E-state index is -1.12. The lowest BCUT2D eigenvalue weighted by Gasteiger charge is -2.23. The van der Waals surface area contributed by atoms with Crippen LogP contribution < -0.4 is 20.1 Å². The number of ether oxygens (including phenoxy) is 3.